The van der Waals surface area contributed by atoms with E-state index in [9.17, 15) is 9.59 Å². The van der Waals surface area contributed by atoms with Gasteiger partial charge in [-0.25, -0.2) is 9.78 Å². The number of hydrogen-bond acceptors (Lipinski definition) is 3. The Hall–Kier alpha value is -3.41. The molecule has 2 heterocycles. The minimum absolute atomic E-state index is 0.00211. The van der Waals surface area contributed by atoms with Crippen LogP contribution in [0.3, 0.4) is 0 Å². The van der Waals surface area contributed by atoms with Gasteiger partial charge in [-0.3, -0.25) is 14.8 Å². The second kappa shape index (κ2) is 8.31. The van der Waals surface area contributed by atoms with Crippen molar-refractivity contribution in [3.05, 3.63) is 98.5 Å². The van der Waals surface area contributed by atoms with Crippen LogP contribution in [0.5, 0.6) is 0 Å². The lowest BCUT2D eigenvalue weighted by Crippen LogP contribution is -2.21. The largest absolute Gasteiger partial charge is 0.336 e. The number of aromatic amines is 3. The third kappa shape index (κ3) is 4.21. The SMILES string of the molecule is CC(CCCc1ccccc1)C(c1ccccc1)c1nc2[nH]c(=O)[nH]c(=O)c2[nH]1. The molecule has 2 aromatic heterocycles. The Morgan fingerprint density at radius 3 is 2.31 bits per heavy atom. The zero-order valence-corrected chi connectivity index (χ0v) is 16.3. The van der Waals surface area contributed by atoms with Crippen molar-refractivity contribution in [2.24, 2.45) is 5.92 Å². The summed E-state index contributed by atoms with van der Waals surface area (Å²) in [6.45, 7) is 2.21. The number of rotatable bonds is 7. The lowest BCUT2D eigenvalue weighted by Gasteiger charge is -2.23. The van der Waals surface area contributed by atoms with Crippen molar-refractivity contribution in [1.29, 1.82) is 0 Å². The summed E-state index contributed by atoms with van der Waals surface area (Å²) in [7, 11) is 0. The first-order valence-electron chi connectivity index (χ1n) is 9.93. The van der Waals surface area contributed by atoms with Gasteiger partial charge in [-0.15, -0.1) is 0 Å². The second-order valence-electron chi connectivity index (χ2n) is 7.50. The minimum atomic E-state index is -0.548. The van der Waals surface area contributed by atoms with E-state index in [4.69, 9.17) is 0 Å². The number of benzene rings is 2. The molecule has 0 aliphatic heterocycles. The van der Waals surface area contributed by atoms with E-state index in [1.54, 1.807) is 0 Å². The average Bonchev–Trinajstić information content (AvgIpc) is 3.13. The highest BCUT2D eigenvalue weighted by molar-refractivity contribution is 5.69. The van der Waals surface area contributed by atoms with Gasteiger partial charge in [0.25, 0.3) is 5.56 Å². The van der Waals surface area contributed by atoms with Crippen molar-refractivity contribution in [2.45, 2.75) is 32.1 Å². The molecule has 3 N–H and O–H groups in total. The highest BCUT2D eigenvalue weighted by Crippen LogP contribution is 2.33. The van der Waals surface area contributed by atoms with Crippen LogP contribution in [-0.4, -0.2) is 19.9 Å². The van der Waals surface area contributed by atoms with Crippen molar-refractivity contribution in [3.63, 3.8) is 0 Å². The Morgan fingerprint density at radius 1 is 0.897 bits per heavy atom. The summed E-state index contributed by atoms with van der Waals surface area (Å²) in [5.74, 6) is 1.00. The van der Waals surface area contributed by atoms with E-state index >= 15 is 0 Å². The summed E-state index contributed by atoms with van der Waals surface area (Å²) in [5, 5.41) is 0. The monoisotopic (exact) mass is 388 g/mol. The van der Waals surface area contributed by atoms with Crippen LogP contribution in [0.25, 0.3) is 11.2 Å². The van der Waals surface area contributed by atoms with Crippen LogP contribution in [0.4, 0.5) is 0 Å². The maximum Gasteiger partial charge on any atom is 0.327 e. The molecule has 2 unspecified atom stereocenters. The normalized spacial score (nSPS) is 13.4. The van der Waals surface area contributed by atoms with E-state index in [0.717, 1.165) is 24.8 Å². The van der Waals surface area contributed by atoms with Crippen LogP contribution in [0.15, 0.2) is 70.3 Å². The van der Waals surface area contributed by atoms with Gasteiger partial charge >= 0.3 is 5.69 Å². The molecule has 0 aliphatic carbocycles. The Bertz CT molecular complexity index is 1190. The summed E-state index contributed by atoms with van der Waals surface area (Å²) < 4.78 is 0. The lowest BCUT2D eigenvalue weighted by molar-refractivity contribution is 0.447. The summed E-state index contributed by atoms with van der Waals surface area (Å²) in [6, 6.07) is 20.6. The quantitative estimate of drug-likeness (QED) is 0.450. The van der Waals surface area contributed by atoms with Gasteiger partial charge in [0.1, 0.15) is 11.3 Å². The summed E-state index contributed by atoms with van der Waals surface area (Å²) >= 11 is 0. The van der Waals surface area contributed by atoms with Crippen LogP contribution in [0.2, 0.25) is 0 Å². The van der Waals surface area contributed by atoms with Crippen LogP contribution in [-0.2, 0) is 6.42 Å². The van der Waals surface area contributed by atoms with E-state index in [-0.39, 0.29) is 5.92 Å². The van der Waals surface area contributed by atoms with Crippen molar-refractivity contribution >= 4 is 11.2 Å². The van der Waals surface area contributed by atoms with Gasteiger partial charge in [0, 0.05) is 5.92 Å². The van der Waals surface area contributed by atoms with Crippen LogP contribution >= 0.6 is 0 Å². The number of aromatic nitrogens is 4. The third-order valence-corrected chi connectivity index (χ3v) is 5.40. The highest BCUT2D eigenvalue weighted by Gasteiger charge is 2.25. The molecule has 0 spiro atoms. The standard InChI is InChI=1S/C23H24N4O2/c1-15(9-8-12-16-10-4-2-5-11-16)18(17-13-6-3-7-14-17)20-24-19-21(25-20)26-23(29)27-22(19)28/h2-7,10-11,13-15,18H,8-9,12H2,1H3,(H3,24,25,26,27,28,29). The molecule has 0 saturated carbocycles. The Balaban J connectivity index is 1.62. The predicted octanol–water partition coefficient (Wildman–Crippen LogP) is 3.73. The van der Waals surface area contributed by atoms with E-state index in [0.29, 0.717) is 22.9 Å². The van der Waals surface area contributed by atoms with Gasteiger partial charge in [0.2, 0.25) is 0 Å². The van der Waals surface area contributed by atoms with Gasteiger partial charge in [-0.05, 0) is 36.3 Å². The Labute approximate surface area is 168 Å². The lowest BCUT2D eigenvalue weighted by atomic mass is 9.83. The molecule has 148 valence electrons. The summed E-state index contributed by atoms with van der Waals surface area (Å²) in [4.78, 5) is 36.3. The second-order valence-corrected chi connectivity index (χ2v) is 7.50. The fourth-order valence-electron chi connectivity index (χ4n) is 3.95. The third-order valence-electron chi connectivity index (χ3n) is 5.40. The number of aryl methyl sites for hydroxylation is 1. The molecule has 4 rings (SSSR count). The molecular weight excluding hydrogens is 364 g/mol. The maximum atomic E-state index is 12.1. The van der Waals surface area contributed by atoms with E-state index in [2.05, 4.69) is 63.3 Å². The van der Waals surface area contributed by atoms with Crippen LogP contribution in [0.1, 0.15) is 42.6 Å². The van der Waals surface area contributed by atoms with E-state index in [1.807, 2.05) is 24.3 Å². The predicted molar refractivity (Wildman–Crippen MR) is 114 cm³/mol. The molecule has 0 bridgehead atoms. The minimum Gasteiger partial charge on any atom is -0.336 e. The Kier molecular flexibility index (Phi) is 5.42. The van der Waals surface area contributed by atoms with Crippen LogP contribution < -0.4 is 11.2 Å². The number of fused-ring (bicyclic) bond motifs is 1. The van der Waals surface area contributed by atoms with Crippen molar-refractivity contribution in [2.75, 3.05) is 0 Å². The molecule has 0 saturated heterocycles. The average molecular weight is 388 g/mol. The van der Waals surface area contributed by atoms with Crippen molar-refractivity contribution in [3.8, 4) is 0 Å². The number of H-pyrrole nitrogens is 3. The molecule has 0 radical (unpaired) electrons. The molecule has 29 heavy (non-hydrogen) atoms. The molecule has 2 aromatic carbocycles. The number of nitrogens with one attached hydrogen (secondary N) is 3. The number of nitrogens with zero attached hydrogens (tertiary/aromatic N) is 1. The topological polar surface area (TPSA) is 94.4 Å². The fourth-order valence-corrected chi connectivity index (χ4v) is 3.95. The molecule has 6 heteroatoms. The highest BCUT2D eigenvalue weighted by atomic mass is 16.2. The number of imidazole rings is 1. The maximum absolute atomic E-state index is 12.1. The zero-order valence-electron chi connectivity index (χ0n) is 16.3. The summed E-state index contributed by atoms with van der Waals surface area (Å²) in [6.07, 6.45) is 3.10. The molecule has 0 aliphatic rings. The Morgan fingerprint density at radius 2 is 1.59 bits per heavy atom. The molecular formula is C23H24N4O2. The molecule has 4 aromatic rings. The number of hydrogen-bond donors (Lipinski definition) is 3. The van der Waals surface area contributed by atoms with Gasteiger partial charge in [0.05, 0.1) is 0 Å². The van der Waals surface area contributed by atoms with Crippen LogP contribution in [0, 0.1) is 5.92 Å². The first-order valence-corrected chi connectivity index (χ1v) is 9.93. The zero-order chi connectivity index (χ0) is 20.2. The first kappa shape index (κ1) is 18.9. The van der Waals surface area contributed by atoms with Gasteiger partial charge < -0.3 is 4.98 Å². The fraction of sp³-hybridized carbons (Fsp3) is 0.261. The van der Waals surface area contributed by atoms with Gasteiger partial charge in [0.15, 0.2) is 5.65 Å². The van der Waals surface area contributed by atoms with Crippen molar-refractivity contribution < 1.29 is 0 Å². The van der Waals surface area contributed by atoms with Crippen molar-refractivity contribution in [1.82, 2.24) is 19.9 Å². The van der Waals surface area contributed by atoms with E-state index in [1.165, 1.54) is 5.56 Å². The first-order chi connectivity index (χ1) is 14.1. The molecule has 0 fully saturated rings. The molecule has 2 atom stereocenters. The molecule has 0 amide bonds. The van der Waals surface area contributed by atoms with Gasteiger partial charge in [-0.1, -0.05) is 67.6 Å². The molecule has 6 nitrogen and oxygen atoms in total. The summed E-state index contributed by atoms with van der Waals surface area (Å²) in [5.41, 5.74) is 2.07. The smallest absolute Gasteiger partial charge is 0.327 e. The van der Waals surface area contributed by atoms with E-state index < -0.39 is 11.2 Å². The van der Waals surface area contributed by atoms with Gasteiger partial charge in [-0.2, -0.15) is 0 Å².